The highest BCUT2D eigenvalue weighted by Crippen LogP contribution is 2.32. The Hall–Kier alpha value is -1.22. The van der Waals surface area contributed by atoms with Crippen molar-refractivity contribution in [2.75, 3.05) is 13.2 Å². The molecule has 0 radical (unpaired) electrons. The average molecular weight is 180 g/mol. The van der Waals surface area contributed by atoms with E-state index in [1.807, 2.05) is 25.1 Å². The molecule has 1 aromatic carbocycles. The van der Waals surface area contributed by atoms with E-state index in [1.54, 1.807) is 0 Å². The number of aryl methyl sites for hydroxylation is 1. The summed E-state index contributed by atoms with van der Waals surface area (Å²) < 4.78 is 10.9. The molecular formula is C10H12O3. The van der Waals surface area contributed by atoms with E-state index in [9.17, 15) is 0 Å². The van der Waals surface area contributed by atoms with Crippen molar-refractivity contribution in [1.29, 1.82) is 0 Å². The molecule has 1 heterocycles. The summed E-state index contributed by atoms with van der Waals surface area (Å²) in [6, 6.07) is 5.76. The summed E-state index contributed by atoms with van der Waals surface area (Å²) in [4.78, 5) is 0. The van der Waals surface area contributed by atoms with Crippen molar-refractivity contribution in [2.24, 2.45) is 0 Å². The molecule has 1 aliphatic rings. The first kappa shape index (κ1) is 8.38. The van der Waals surface area contributed by atoms with Crippen molar-refractivity contribution in [3.05, 3.63) is 23.8 Å². The third-order valence-corrected chi connectivity index (χ3v) is 2.02. The van der Waals surface area contributed by atoms with Crippen LogP contribution in [0.2, 0.25) is 0 Å². The third-order valence-electron chi connectivity index (χ3n) is 2.02. The number of benzene rings is 1. The fraction of sp³-hybridized carbons (Fsp3) is 0.400. The summed E-state index contributed by atoms with van der Waals surface area (Å²) in [7, 11) is 0. The lowest BCUT2D eigenvalue weighted by Gasteiger charge is -2.25. The van der Waals surface area contributed by atoms with Crippen LogP contribution >= 0.6 is 0 Å². The van der Waals surface area contributed by atoms with Crippen molar-refractivity contribution in [2.45, 2.75) is 13.0 Å². The van der Waals surface area contributed by atoms with E-state index in [0.717, 1.165) is 17.1 Å². The van der Waals surface area contributed by atoms with Gasteiger partial charge in [0.1, 0.15) is 6.61 Å². The highest BCUT2D eigenvalue weighted by atomic mass is 16.6. The normalized spacial score (nSPS) is 20.0. The zero-order valence-electron chi connectivity index (χ0n) is 7.49. The summed E-state index contributed by atoms with van der Waals surface area (Å²) in [5.41, 5.74) is 1.14. The van der Waals surface area contributed by atoms with Crippen molar-refractivity contribution in [3.8, 4) is 11.5 Å². The molecule has 3 heteroatoms. The van der Waals surface area contributed by atoms with Gasteiger partial charge < -0.3 is 14.6 Å². The van der Waals surface area contributed by atoms with E-state index in [-0.39, 0.29) is 12.7 Å². The van der Waals surface area contributed by atoms with Gasteiger partial charge in [-0.2, -0.15) is 0 Å². The number of hydrogen-bond acceptors (Lipinski definition) is 3. The molecule has 0 aliphatic carbocycles. The van der Waals surface area contributed by atoms with Crippen LogP contribution in [0.25, 0.3) is 0 Å². The van der Waals surface area contributed by atoms with E-state index in [4.69, 9.17) is 14.6 Å². The lowest BCUT2D eigenvalue weighted by atomic mass is 10.2. The minimum atomic E-state index is -0.227. The van der Waals surface area contributed by atoms with Gasteiger partial charge in [0.25, 0.3) is 0 Å². The van der Waals surface area contributed by atoms with Gasteiger partial charge in [-0.1, -0.05) is 6.07 Å². The Balaban J connectivity index is 2.26. The summed E-state index contributed by atoms with van der Waals surface area (Å²) in [6.45, 7) is 2.42. The number of hydrogen-bond donors (Lipinski definition) is 1. The largest absolute Gasteiger partial charge is 0.486 e. The summed E-state index contributed by atoms with van der Waals surface area (Å²) in [6.07, 6.45) is -0.227. The first-order valence-corrected chi connectivity index (χ1v) is 4.30. The monoisotopic (exact) mass is 180 g/mol. The van der Waals surface area contributed by atoms with Gasteiger partial charge in [-0.05, 0) is 24.6 Å². The van der Waals surface area contributed by atoms with Gasteiger partial charge in [-0.3, -0.25) is 0 Å². The van der Waals surface area contributed by atoms with Crippen LogP contribution in [0.5, 0.6) is 11.5 Å². The molecule has 0 unspecified atom stereocenters. The first-order chi connectivity index (χ1) is 6.29. The molecule has 0 spiro atoms. The minimum absolute atomic E-state index is 0.00663. The van der Waals surface area contributed by atoms with Crippen LogP contribution in [0.3, 0.4) is 0 Å². The standard InChI is InChI=1S/C10H12O3/c1-7-2-3-9-10(4-7)12-6-8(5-11)13-9/h2-4,8,11H,5-6H2,1H3/t8-/m0/s1. The molecule has 1 aliphatic heterocycles. The van der Waals surface area contributed by atoms with Crippen LogP contribution in [0.15, 0.2) is 18.2 Å². The molecule has 0 amide bonds. The molecule has 13 heavy (non-hydrogen) atoms. The Kier molecular flexibility index (Phi) is 2.10. The molecule has 0 bridgehead atoms. The quantitative estimate of drug-likeness (QED) is 0.704. The molecule has 0 fully saturated rings. The SMILES string of the molecule is Cc1ccc2c(c1)OC[C@H](CO)O2. The van der Waals surface area contributed by atoms with Crippen LogP contribution in [0, 0.1) is 6.92 Å². The van der Waals surface area contributed by atoms with Gasteiger partial charge >= 0.3 is 0 Å². The molecule has 3 nitrogen and oxygen atoms in total. The number of aliphatic hydroxyl groups excluding tert-OH is 1. The zero-order chi connectivity index (χ0) is 9.26. The van der Waals surface area contributed by atoms with E-state index in [1.165, 1.54) is 0 Å². The summed E-state index contributed by atoms with van der Waals surface area (Å²) >= 11 is 0. The molecule has 2 rings (SSSR count). The number of fused-ring (bicyclic) bond motifs is 1. The smallest absolute Gasteiger partial charge is 0.161 e. The molecule has 0 aromatic heterocycles. The lowest BCUT2D eigenvalue weighted by molar-refractivity contribution is 0.0456. The number of ether oxygens (including phenoxy) is 2. The second kappa shape index (κ2) is 3.26. The van der Waals surface area contributed by atoms with Gasteiger partial charge in [0.05, 0.1) is 6.61 Å². The average Bonchev–Trinajstić information content (AvgIpc) is 2.17. The molecule has 70 valence electrons. The predicted molar refractivity (Wildman–Crippen MR) is 48.2 cm³/mol. The van der Waals surface area contributed by atoms with Crippen LogP contribution in [-0.2, 0) is 0 Å². The molecule has 0 saturated heterocycles. The topological polar surface area (TPSA) is 38.7 Å². The third kappa shape index (κ3) is 1.60. The van der Waals surface area contributed by atoms with Crippen molar-refractivity contribution in [1.82, 2.24) is 0 Å². The maximum absolute atomic E-state index is 8.87. The van der Waals surface area contributed by atoms with Crippen molar-refractivity contribution >= 4 is 0 Å². The van der Waals surface area contributed by atoms with Crippen LogP contribution in [-0.4, -0.2) is 24.4 Å². The summed E-state index contributed by atoms with van der Waals surface area (Å²) in [5, 5.41) is 8.87. The maximum Gasteiger partial charge on any atom is 0.161 e. The number of rotatable bonds is 1. The second-order valence-electron chi connectivity index (χ2n) is 3.18. The Bertz CT molecular complexity index is 309. The van der Waals surface area contributed by atoms with E-state index in [0.29, 0.717) is 6.61 Å². The Morgan fingerprint density at radius 3 is 3.08 bits per heavy atom. The fourth-order valence-corrected chi connectivity index (χ4v) is 1.31. The minimum Gasteiger partial charge on any atom is -0.486 e. The Morgan fingerprint density at radius 1 is 1.46 bits per heavy atom. The van der Waals surface area contributed by atoms with Crippen molar-refractivity contribution in [3.63, 3.8) is 0 Å². The van der Waals surface area contributed by atoms with Gasteiger partial charge in [0, 0.05) is 0 Å². The Labute approximate surface area is 76.9 Å². The summed E-state index contributed by atoms with van der Waals surface area (Å²) in [5.74, 6) is 1.49. The van der Waals surface area contributed by atoms with E-state index < -0.39 is 0 Å². The molecular weight excluding hydrogens is 168 g/mol. The zero-order valence-corrected chi connectivity index (χ0v) is 7.49. The fourth-order valence-electron chi connectivity index (χ4n) is 1.31. The van der Waals surface area contributed by atoms with Crippen LogP contribution in [0.4, 0.5) is 0 Å². The molecule has 1 atom stereocenters. The number of aliphatic hydroxyl groups is 1. The highest BCUT2D eigenvalue weighted by Gasteiger charge is 2.19. The van der Waals surface area contributed by atoms with Crippen molar-refractivity contribution < 1.29 is 14.6 Å². The molecule has 1 aromatic rings. The highest BCUT2D eigenvalue weighted by molar-refractivity contribution is 5.43. The molecule has 0 saturated carbocycles. The first-order valence-electron chi connectivity index (χ1n) is 4.30. The van der Waals surface area contributed by atoms with E-state index >= 15 is 0 Å². The molecule has 1 N–H and O–H groups in total. The van der Waals surface area contributed by atoms with Gasteiger partial charge in [0.15, 0.2) is 17.6 Å². The maximum atomic E-state index is 8.87. The van der Waals surface area contributed by atoms with Crippen LogP contribution < -0.4 is 9.47 Å². The van der Waals surface area contributed by atoms with Gasteiger partial charge in [0.2, 0.25) is 0 Å². The predicted octanol–water partition coefficient (Wildman–Crippen LogP) is 1.13. The van der Waals surface area contributed by atoms with Gasteiger partial charge in [-0.15, -0.1) is 0 Å². The van der Waals surface area contributed by atoms with E-state index in [2.05, 4.69) is 0 Å². The van der Waals surface area contributed by atoms with Crippen LogP contribution in [0.1, 0.15) is 5.56 Å². The lowest BCUT2D eigenvalue weighted by Crippen LogP contribution is -2.32. The second-order valence-corrected chi connectivity index (χ2v) is 3.18. The van der Waals surface area contributed by atoms with Gasteiger partial charge in [-0.25, -0.2) is 0 Å². The Morgan fingerprint density at radius 2 is 2.31 bits per heavy atom.